The van der Waals surface area contributed by atoms with E-state index >= 15 is 0 Å². The molecule has 0 radical (unpaired) electrons. The Balaban J connectivity index is 1.74. The van der Waals surface area contributed by atoms with Crippen LogP contribution in [0.2, 0.25) is 0 Å². The van der Waals surface area contributed by atoms with Crippen molar-refractivity contribution in [3.63, 3.8) is 0 Å². The van der Waals surface area contributed by atoms with Gasteiger partial charge in [0, 0.05) is 6.20 Å². The van der Waals surface area contributed by atoms with E-state index in [-0.39, 0.29) is 5.56 Å². The lowest BCUT2D eigenvalue weighted by atomic mass is 10.2. The number of benzene rings is 1. The Morgan fingerprint density at radius 1 is 1.19 bits per heavy atom. The number of anilines is 1. The van der Waals surface area contributed by atoms with Crippen molar-refractivity contribution in [2.24, 2.45) is 4.99 Å². The number of rotatable bonds is 4. The Bertz CT molecular complexity index is 1010. The van der Waals surface area contributed by atoms with Crippen LogP contribution in [0.25, 0.3) is 5.69 Å². The van der Waals surface area contributed by atoms with Gasteiger partial charge in [0.15, 0.2) is 0 Å². The summed E-state index contributed by atoms with van der Waals surface area (Å²) in [5.41, 5.74) is 2.69. The molecule has 136 valence electrons. The Morgan fingerprint density at radius 3 is 2.67 bits per heavy atom. The molecule has 2 aromatic heterocycles. The fourth-order valence-corrected chi connectivity index (χ4v) is 2.69. The molecule has 0 spiro atoms. The molecule has 0 aliphatic carbocycles. The quantitative estimate of drug-likeness (QED) is 0.721. The van der Waals surface area contributed by atoms with Crippen LogP contribution < -0.4 is 5.32 Å². The molecule has 0 fully saturated rings. The normalized spacial score (nSPS) is 13.2. The minimum Gasteiger partial charge on any atom is -0.475 e. The third-order valence-electron chi connectivity index (χ3n) is 4.09. The van der Waals surface area contributed by atoms with Crippen molar-refractivity contribution in [1.29, 1.82) is 0 Å². The predicted octanol–water partition coefficient (Wildman–Crippen LogP) is 2.74. The maximum absolute atomic E-state index is 13.0. The van der Waals surface area contributed by atoms with Gasteiger partial charge in [0.2, 0.25) is 11.8 Å². The lowest BCUT2D eigenvalue weighted by Crippen LogP contribution is -2.18. The second-order valence-corrected chi connectivity index (χ2v) is 6.01. The van der Waals surface area contributed by atoms with Gasteiger partial charge in [-0.2, -0.15) is 9.49 Å². The monoisotopic (exact) mass is 365 g/mol. The average molecular weight is 365 g/mol. The van der Waals surface area contributed by atoms with Crippen LogP contribution in [0.4, 0.5) is 10.2 Å². The van der Waals surface area contributed by atoms with Crippen LogP contribution in [0, 0.1) is 12.9 Å². The fraction of sp³-hybridized carbons (Fsp3) is 0.158. The zero-order valence-electron chi connectivity index (χ0n) is 14.5. The van der Waals surface area contributed by atoms with Gasteiger partial charge < -0.3 is 10.1 Å². The van der Waals surface area contributed by atoms with Gasteiger partial charge in [0.05, 0.1) is 29.6 Å². The smallest absolute Gasteiger partial charge is 0.258 e. The lowest BCUT2D eigenvalue weighted by Gasteiger charge is -2.11. The highest BCUT2D eigenvalue weighted by Crippen LogP contribution is 2.24. The topological polar surface area (TPSA) is 81.4 Å². The van der Waals surface area contributed by atoms with Gasteiger partial charge in [-0.15, -0.1) is 0 Å². The van der Waals surface area contributed by atoms with E-state index in [0.717, 1.165) is 17.3 Å². The Kier molecular flexibility index (Phi) is 4.37. The molecule has 3 aromatic rings. The van der Waals surface area contributed by atoms with Crippen LogP contribution in [0.15, 0.2) is 53.8 Å². The molecule has 0 saturated carbocycles. The highest BCUT2D eigenvalue weighted by molar-refractivity contribution is 6.08. The largest absolute Gasteiger partial charge is 0.475 e. The van der Waals surface area contributed by atoms with Gasteiger partial charge in [-0.05, 0) is 31.2 Å². The molecule has 8 heteroatoms. The van der Waals surface area contributed by atoms with E-state index in [2.05, 4.69) is 20.4 Å². The van der Waals surface area contributed by atoms with Crippen molar-refractivity contribution in [3.05, 3.63) is 71.4 Å². The number of carbonyl (C=O) groups excluding carboxylic acids is 1. The van der Waals surface area contributed by atoms with Crippen molar-refractivity contribution >= 4 is 17.6 Å². The molecular formula is C19H16FN5O2. The Hall–Kier alpha value is -3.55. The van der Waals surface area contributed by atoms with Gasteiger partial charge in [-0.1, -0.05) is 17.7 Å². The molecule has 0 unspecified atom stereocenters. The molecule has 7 nitrogen and oxygen atoms in total. The zero-order valence-corrected chi connectivity index (χ0v) is 14.5. The number of ether oxygens (including phenoxy) is 1. The predicted molar refractivity (Wildman–Crippen MR) is 97.8 cm³/mol. The number of hydrogen-bond acceptors (Lipinski definition) is 5. The average Bonchev–Trinajstić information content (AvgIpc) is 3.33. The van der Waals surface area contributed by atoms with Crippen LogP contribution in [0.1, 0.15) is 21.5 Å². The maximum atomic E-state index is 13.0. The van der Waals surface area contributed by atoms with Gasteiger partial charge in [-0.3, -0.25) is 4.79 Å². The lowest BCUT2D eigenvalue weighted by molar-refractivity contribution is 0.102. The SMILES string of the molecule is Cc1ccc(-n2ncc(C3=NCCO3)c2NC(=O)c2ccc(F)nc2)cc1. The molecule has 0 atom stereocenters. The zero-order chi connectivity index (χ0) is 18.8. The Labute approximate surface area is 154 Å². The van der Waals surface area contributed by atoms with E-state index in [1.807, 2.05) is 31.2 Å². The number of aliphatic imine (C=N–C) groups is 1. The number of nitrogens with one attached hydrogen (secondary N) is 1. The first-order valence-electron chi connectivity index (χ1n) is 8.37. The standard InChI is InChI=1S/C19H16FN5O2/c1-12-2-5-14(6-3-12)25-17(15(11-23-25)19-21-8-9-27-19)24-18(26)13-4-7-16(20)22-10-13/h2-7,10-11H,8-9H2,1H3,(H,24,26). The van der Waals surface area contributed by atoms with E-state index < -0.39 is 11.9 Å². The maximum Gasteiger partial charge on any atom is 0.258 e. The number of amides is 1. The van der Waals surface area contributed by atoms with Crippen LogP contribution in [-0.4, -0.2) is 39.7 Å². The first kappa shape index (κ1) is 16.9. The van der Waals surface area contributed by atoms with Crippen molar-refractivity contribution in [2.75, 3.05) is 18.5 Å². The molecule has 1 N–H and O–H groups in total. The van der Waals surface area contributed by atoms with Crippen molar-refractivity contribution < 1.29 is 13.9 Å². The van der Waals surface area contributed by atoms with Crippen LogP contribution in [0.3, 0.4) is 0 Å². The molecule has 1 aliphatic rings. The highest BCUT2D eigenvalue weighted by atomic mass is 19.1. The third kappa shape index (κ3) is 3.41. The second kappa shape index (κ2) is 6.99. The van der Waals surface area contributed by atoms with E-state index in [9.17, 15) is 9.18 Å². The summed E-state index contributed by atoms with van der Waals surface area (Å²) in [6.45, 7) is 3.03. The van der Waals surface area contributed by atoms with Crippen LogP contribution >= 0.6 is 0 Å². The summed E-state index contributed by atoms with van der Waals surface area (Å²) in [7, 11) is 0. The Morgan fingerprint density at radius 2 is 2.00 bits per heavy atom. The number of halogens is 1. The van der Waals surface area contributed by atoms with E-state index in [4.69, 9.17) is 4.74 Å². The molecule has 27 heavy (non-hydrogen) atoms. The number of nitrogens with zero attached hydrogens (tertiary/aromatic N) is 4. The molecule has 4 rings (SSSR count). The fourth-order valence-electron chi connectivity index (χ4n) is 2.69. The van der Waals surface area contributed by atoms with Gasteiger partial charge in [-0.25, -0.2) is 14.7 Å². The summed E-state index contributed by atoms with van der Waals surface area (Å²) < 4.78 is 20.2. The third-order valence-corrected chi connectivity index (χ3v) is 4.09. The minimum absolute atomic E-state index is 0.230. The first-order valence-corrected chi connectivity index (χ1v) is 8.37. The molecule has 3 heterocycles. The van der Waals surface area contributed by atoms with Gasteiger partial charge in [0.25, 0.3) is 5.91 Å². The number of aryl methyl sites for hydroxylation is 1. The molecule has 1 amide bonds. The first-order chi connectivity index (χ1) is 13.1. The number of hydrogen-bond donors (Lipinski definition) is 1. The molecule has 0 saturated heterocycles. The summed E-state index contributed by atoms with van der Waals surface area (Å²) in [4.78, 5) is 20.5. The molecular weight excluding hydrogens is 349 g/mol. The number of pyridine rings is 1. The number of carbonyl (C=O) groups is 1. The number of aromatic nitrogens is 3. The molecule has 1 aromatic carbocycles. The van der Waals surface area contributed by atoms with Gasteiger partial charge in [0.1, 0.15) is 12.4 Å². The second-order valence-electron chi connectivity index (χ2n) is 6.01. The van der Waals surface area contributed by atoms with Gasteiger partial charge >= 0.3 is 0 Å². The minimum atomic E-state index is -0.648. The summed E-state index contributed by atoms with van der Waals surface area (Å²) in [6.07, 6.45) is 2.78. The summed E-state index contributed by atoms with van der Waals surface area (Å²) in [5.74, 6) is -0.225. The van der Waals surface area contributed by atoms with E-state index in [1.54, 1.807) is 10.9 Å². The van der Waals surface area contributed by atoms with E-state index in [1.165, 1.54) is 12.3 Å². The molecule has 1 aliphatic heterocycles. The summed E-state index contributed by atoms with van der Waals surface area (Å²) in [5, 5.41) is 7.21. The van der Waals surface area contributed by atoms with E-state index in [0.29, 0.717) is 30.4 Å². The molecule has 0 bridgehead atoms. The summed E-state index contributed by atoms with van der Waals surface area (Å²) in [6, 6.07) is 10.2. The van der Waals surface area contributed by atoms with Crippen molar-refractivity contribution in [2.45, 2.75) is 6.92 Å². The van der Waals surface area contributed by atoms with Crippen LogP contribution in [0.5, 0.6) is 0 Å². The van der Waals surface area contributed by atoms with Crippen molar-refractivity contribution in [1.82, 2.24) is 14.8 Å². The van der Waals surface area contributed by atoms with Crippen molar-refractivity contribution in [3.8, 4) is 5.69 Å². The highest BCUT2D eigenvalue weighted by Gasteiger charge is 2.22. The van der Waals surface area contributed by atoms with Crippen LogP contribution in [-0.2, 0) is 4.74 Å². The summed E-state index contributed by atoms with van der Waals surface area (Å²) >= 11 is 0.